The van der Waals surface area contributed by atoms with E-state index in [0.29, 0.717) is 6.04 Å². The van der Waals surface area contributed by atoms with Gasteiger partial charge in [0.05, 0.1) is 7.11 Å². The average molecular weight is 249 g/mol. The van der Waals surface area contributed by atoms with Crippen LogP contribution in [0.15, 0.2) is 24.3 Å². The van der Waals surface area contributed by atoms with Gasteiger partial charge in [-0.15, -0.1) is 0 Å². The molecule has 1 N–H and O–H groups in total. The number of benzene rings is 1. The first-order chi connectivity index (χ1) is 8.63. The van der Waals surface area contributed by atoms with Gasteiger partial charge < -0.3 is 10.1 Å². The summed E-state index contributed by atoms with van der Waals surface area (Å²) in [7, 11) is 1.73. The van der Waals surface area contributed by atoms with E-state index in [1.807, 2.05) is 12.1 Å². The second-order valence-corrected chi connectivity index (χ2v) is 5.42. The molecule has 0 spiro atoms. The first-order valence-electron chi connectivity index (χ1n) is 6.98. The summed E-state index contributed by atoms with van der Waals surface area (Å²) in [5.74, 6) is 1.78. The topological polar surface area (TPSA) is 21.3 Å². The number of hydrogen-bond donors (Lipinski definition) is 1. The largest absolute Gasteiger partial charge is 0.496 e. The van der Waals surface area contributed by atoms with E-state index < -0.39 is 0 Å². The van der Waals surface area contributed by atoms with E-state index in [-0.39, 0.29) is 0 Å². The van der Waals surface area contributed by atoms with Crippen LogP contribution in [0.2, 0.25) is 0 Å². The van der Waals surface area contributed by atoms with Gasteiger partial charge in [0, 0.05) is 18.2 Å². The SMILES string of the molecule is COc1ccccc1CN[C@H](C)CCCC(C)C. The highest BCUT2D eigenvalue weighted by molar-refractivity contribution is 5.32. The van der Waals surface area contributed by atoms with E-state index in [0.717, 1.165) is 18.2 Å². The molecule has 1 aromatic carbocycles. The third kappa shape index (κ3) is 5.54. The Labute approximate surface area is 112 Å². The van der Waals surface area contributed by atoms with Crippen molar-refractivity contribution in [1.29, 1.82) is 0 Å². The molecule has 0 unspecified atom stereocenters. The molecule has 1 rings (SSSR count). The quantitative estimate of drug-likeness (QED) is 0.752. The van der Waals surface area contributed by atoms with Crippen LogP contribution in [0.3, 0.4) is 0 Å². The minimum Gasteiger partial charge on any atom is -0.496 e. The number of ether oxygens (including phenoxy) is 1. The summed E-state index contributed by atoms with van der Waals surface area (Å²) in [6.07, 6.45) is 3.87. The van der Waals surface area contributed by atoms with Crippen LogP contribution >= 0.6 is 0 Å². The molecule has 0 bridgehead atoms. The third-order valence-electron chi connectivity index (χ3n) is 3.25. The van der Waals surface area contributed by atoms with Crippen molar-refractivity contribution in [2.24, 2.45) is 5.92 Å². The smallest absolute Gasteiger partial charge is 0.123 e. The van der Waals surface area contributed by atoms with Crippen molar-refractivity contribution < 1.29 is 4.74 Å². The van der Waals surface area contributed by atoms with Crippen LogP contribution in [0, 0.1) is 5.92 Å². The maximum atomic E-state index is 5.35. The minimum absolute atomic E-state index is 0.564. The highest BCUT2D eigenvalue weighted by atomic mass is 16.5. The summed E-state index contributed by atoms with van der Waals surface area (Å²) in [4.78, 5) is 0. The lowest BCUT2D eigenvalue weighted by Gasteiger charge is -2.15. The van der Waals surface area contributed by atoms with Crippen molar-refractivity contribution in [3.8, 4) is 5.75 Å². The fourth-order valence-electron chi connectivity index (χ4n) is 2.07. The van der Waals surface area contributed by atoms with Crippen molar-refractivity contribution in [3.63, 3.8) is 0 Å². The van der Waals surface area contributed by atoms with E-state index in [4.69, 9.17) is 4.74 Å². The second-order valence-electron chi connectivity index (χ2n) is 5.42. The fourth-order valence-corrected chi connectivity index (χ4v) is 2.07. The Morgan fingerprint density at radius 3 is 2.50 bits per heavy atom. The summed E-state index contributed by atoms with van der Waals surface area (Å²) in [6.45, 7) is 7.71. The fraction of sp³-hybridized carbons (Fsp3) is 0.625. The zero-order chi connectivity index (χ0) is 13.4. The average Bonchev–Trinajstić information content (AvgIpc) is 2.36. The Hall–Kier alpha value is -1.02. The van der Waals surface area contributed by atoms with Crippen molar-refractivity contribution >= 4 is 0 Å². The molecule has 0 aliphatic heterocycles. The predicted octanol–water partition coefficient (Wildman–Crippen LogP) is 4.00. The number of hydrogen-bond acceptors (Lipinski definition) is 2. The highest BCUT2D eigenvalue weighted by Gasteiger charge is 2.05. The maximum absolute atomic E-state index is 5.35. The Bertz CT molecular complexity index is 336. The van der Waals surface area contributed by atoms with Gasteiger partial charge in [0.1, 0.15) is 5.75 Å². The third-order valence-corrected chi connectivity index (χ3v) is 3.25. The molecule has 0 saturated carbocycles. The molecule has 0 heterocycles. The molecule has 0 radical (unpaired) electrons. The molecule has 0 aromatic heterocycles. The van der Waals surface area contributed by atoms with Gasteiger partial charge in [-0.2, -0.15) is 0 Å². The van der Waals surface area contributed by atoms with Gasteiger partial charge in [-0.05, 0) is 25.3 Å². The Morgan fingerprint density at radius 1 is 1.11 bits per heavy atom. The standard InChI is InChI=1S/C16H27NO/c1-13(2)8-7-9-14(3)17-12-15-10-5-6-11-16(15)18-4/h5-6,10-11,13-14,17H,7-9,12H2,1-4H3/t14-/m1/s1. The van der Waals surface area contributed by atoms with E-state index in [2.05, 4.69) is 38.2 Å². The molecule has 2 heteroatoms. The van der Waals surface area contributed by atoms with Crippen LogP contribution in [-0.2, 0) is 6.54 Å². The molecule has 0 amide bonds. The molecule has 0 fully saturated rings. The molecular formula is C16H27NO. The van der Waals surface area contributed by atoms with Crippen LogP contribution in [0.25, 0.3) is 0 Å². The van der Waals surface area contributed by atoms with Crippen LogP contribution in [0.5, 0.6) is 5.75 Å². The lowest BCUT2D eigenvalue weighted by molar-refractivity contribution is 0.403. The van der Waals surface area contributed by atoms with E-state index in [1.54, 1.807) is 7.11 Å². The van der Waals surface area contributed by atoms with Gasteiger partial charge in [-0.3, -0.25) is 0 Å². The zero-order valence-electron chi connectivity index (χ0n) is 12.2. The summed E-state index contributed by atoms with van der Waals surface area (Å²) >= 11 is 0. The summed E-state index contributed by atoms with van der Waals surface area (Å²) < 4.78 is 5.35. The predicted molar refractivity (Wildman–Crippen MR) is 78.0 cm³/mol. The van der Waals surface area contributed by atoms with E-state index in [1.165, 1.54) is 24.8 Å². The molecule has 0 saturated heterocycles. The van der Waals surface area contributed by atoms with Gasteiger partial charge in [-0.25, -0.2) is 0 Å². The molecule has 1 atom stereocenters. The monoisotopic (exact) mass is 249 g/mol. The minimum atomic E-state index is 0.564. The Balaban J connectivity index is 2.31. The number of nitrogens with one attached hydrogen (secondary N) is 1. The van der Waals surface area contributed by atoms with Gasteiger partial charge in [-0.1, -0.05) is 44.9 Å². The molecule has 0 aliphatic carbocycles. The molecule has 1 aromatic rings. The van der Waals surface area contributed by atoms with Crippen molar-refractivity contribution in [1.82, 2.24) is 5.32 Å². The Kier molecular flexibility index (Phi) is 6.81. The van der Waals surface area contributed by atoms with Gasteiger partial charge in [0.25, 0.3) is 0 Å². The van der Waals surface area contributed by atoms with Crippen LogP contribution in [0.1, 0.15) is 45.6 Å². The van der Waals surface area contributed by atoms with Crippen LogP contribution in [0.4, 0.5) is 0 Å². The normalized spacial score (nSPS) is 12.7. The van der Waals surface area contributed by atoms with Gasteiger partial charge in [0.15, 0.2) is 0 Å². The van der Waals surface area contributed by atoms with E-state index >= 15 is 0 Å². The van der Waals surface area contributed by atoms with Crippen LogP contribution < -0.4 is 10.1 Å². The molecule has 2 nitrogen and oxygen atoms in total. The van der Waals surface area contributed by atoms with E-state index in [9.17, 15) is 0 Å². The van der Waals surface area contributed by atoms with Gasteiger partial charge >= 0.3 is 0 Å². The first-order valence-corrected chi connectivity index (χ1v) is 6.98. The molecule has 0 aliphatic rings. The molecule has 102 valence electrons. The highest BCUT2D eigenvalue weighted by Crippen LogP contribution is 2.17. The molecule has 18 heavy (non-hydrogen) atoms. The summed E-state index contributed by atoms with van der Waals surface area (Å²) in [5, 5.41) is 3.57. The molecular weight excluding hydrogens is 222 g/mol. The summed E-state index contributed by atoms with van der Waals surface area (Å²) in [6, 6.07) is 8.76. The van der Waals surface area contributed by atoms with Crippen LogP contribution in [-0.4, -0.2) is 13.2 Å². The van der Waals surface area contributed by atoms with Crippen molar-refractivity contribution in [2.75, 3.05) is 7.11 Å². The van der Waals surface area contributed by atoms with Gasteiger partial charge in [0.2, 0.25) is 0 Å². The second kappa shape index (κ2) is 8.15. The number of methoxy groups -OCH3 is 1. The first kappa shape index (κ1) is 15.0. The maximum Gasteiger partial charge on any atom is 0.123 e. The van der Waals surface area contributed by atoms with Crippen molar-refractivity contribution in [3.05, 3.63) is 29.8 Å². The Morgan fingerprint density at radius 2 is 1.83 bits per heavy atom. The lowest BCUT2D eigenvalue weighted by Crippen LogP contribution is -2.25. The number of rotatable bonds is 8. The summed E-state index contributed by atoms with van der Waals surface area (Å²) in [5.41, 5.74) is 1.23. The lowest BCUT2D eigenvalue weighted by atomic mass is 10.0. The van der Waals surface area contributed by atoms with Crippen molar-refractivity contribution in [2.45, 2.75) is 52.6 Å². The number of para-hydroxylation sites is 1. The zero-order valence-corrected chi connectivity index (χ0v) is 12.2.